The van der Waals surface area contributed by atoms with Crippen LogP contribution >= 0.6 is 0 Å². The highest BCUT2D eigenvalue weighted by molar-refractivity contribution is 5.19. The monoisotopic (exact) mass is 301 g/mol. The van der Waals surface area contributed by atoms with Crippen LogP contribution in [0.3, 0.4) is 0 Å². The van der Waals surface area contributed by atoms with E-state index in [-0.39, 0.29) is 12.6 Å². The van der Waals surface area contributed by atoms with Gasteiger partial charge >= 0.3 is 0 Å². The molecule has 1 aliphatic rings. The molecule has 1 fully saturated rings. The molecular formula is C17H23N3O2. The van der Waals surface area contributed by atoms with Crippen molar-refractivity contribution >= 4 is 0 Å². The number of benzene rings is 1. The average Bonchev–Trinajstić information content (AvgIpc) is 2.91. The van der Waals surface area contributed by atoms with Crippen LogP contribution in [0.4, 0.5) is 0 Å². The van der Waals surface area contributed by atoms with E-state index in [0.29, 0.717) is 24.8 Å². The fourth-order valence-corrected chi connectivity index (χ4v) is 2.91. The zero-order valence-corrected chi connectivity index (χ0v) is 13.0. The summed E-state index contributed by atoms with van der Waals surface area (Å²) in [6.07, 6.45) is 4.27. The Kier molecular flexibility index (Phi) is 4.85. The predicted molar refractivity (Wildman–Crippen MR) is 83.2 cm³/mol. The fraction of sp³-hybridized carbons (Fsp3) is 0.529. The number of aromatic nitrogens is 2. The van der Waals surface area contributed by atoms with Gasteiger partial charge in [0.05, 0.1) is 6.54 Å². The van der Waals surface area contributed by atoms with Gasteiger partial charge in [-0.05, 0) is 31.9 Å². The molecule has 1 atom stereocenters. The Hall–Kier alpha value is -1.72. The molecule has 1 aliphatic carbocycles. The smallest absolute Gasteiger partial charge is 0.230 e. The Bertz CT molecular complexity index is 581. The largest absolute Gasteiger partial charge is 0.424 e. The topological polar surface area (TPSA) is 62.4 Å². The molecule has 0 bridgehead atoms. The Labute approximate surface area is 131 Å². The van der Waals surface area contributed by atoms with E-state index in [2.05, 4.69) is 27.2 Å². The highest BCUT2D eigenvalue weighted by Crippen LogP contribution is 2.35. The molecule has 1 N–H and O–H groups in total. The van der Waals surface area contributed by atoms with E-state index in [1.807, 2.05) is 25.2 Å². The minimum atomic E-state index is 0.144. The first-order valence-electron chi connectivity index (χ1n) is 7.96. The number of rotatable bonds is 7. The molecular weight excluding hydrogens is 278 g/mol. The Morgan fingerprint density at radius 3 is 2.68 bits per heavy atom. The summed E-state index contributed by atoms with van der Waals surface area (Å²) in [7, 11) is 2.03. The van der Waals surface area contributed by atoms with Crippen LogP contribution in [0.5, 0.6) is 0 Å². The van der Waals surface area contributed by atoms with Crippen LogP contribution in [-0.2, 0) is 6.54 Å². The molecule has 3 rings (SSSR count). The minimum Gasteiger partial charge on any atom is -0.424 e. The third-order valence-electron chi connectivity index (χ3n) is 4.44. The predicted octanol–water partition coefficient (Wildman–Crippen LogP) is 2.89. The molecule has 1 heterocycles. The van der Waals surface area contributed by atoms with Crippen LogP contribution in [-0.4, -0.2) is 33.9 Å². The first-order valence-corrected chi connectivity index (χ1v) is 7.96. The number of nitrogens with zero attached hydrogens (tertiary/aromatic N) is 3. The van der Waals surface area contributed by atoms with Gasteiger partial charge < -0.3 is 9.52 Å². The summed E-state index contributed by atoms with van der Waals surface area (Å²) < 4.78 is 5.80. The number of aliphatic hydroxyl groups excluding tert-OH is 1. The van der Waals surface area contributed by atoms with Gasteiger partial charge in [-0.25, -0.2) is 0 Å². The lowest BCUT2D eigenvalue weighted by molar-refractivity contribution is 0.166. The molecule has 1 saturated carbocycles. The molecule has 5 heteroatoms. The first-order chi connectivity index (χ1) is 10.8. The first kappa shape index (κ1) is 15.2. The van der Waals surface area contributed by atoms with Crippen LogP contribution < -0.4 is 0 Å². The van der Waals surface area contributed by atoms with Crippen LogP contribution in [0.1, 0.15) is 55.0 Å². The molecule has 22 heavy (non-hydrogen) atoms. The van der Waals surface area contributed by atoms with Gasteiger partial charge in [-0.3, -0.25) is 4.90 Å². The third kappa shape index (κ3) is 3.36. The van der Waals surface area contributed by atoms with Crippen molar-refractivity contribution in [2.75, 3.05) is 13.7 Å². The molecule has 5 nitrogen and oxygen atoms in total. The normalized spacial score (nSPS) is 16.7. The summed E-state index contributed by atoms with van der Waals surface area (Å²) >= 11 is 0. The van der Waals surface area contributed by atoms with E-state index in [9.17, 15) is 5.11 Å². The highest BCUT2D eigenvalue weighted by atomic mass is 16.4. The molecule has 1 aromatic carbocycles. The van der Waals surface area contributed by atoms with Crippen molar-refractivity contribution in [2.24, 2.45) is 0 Å². The number of hydrogen-bond donors (Lipinski definition) is 1. The standard InChI is InChI=1S/C17H23N3O2/c1-20(15(10-11-21)13-6-3-2-4-7-13)12-16-18-19-17(22-16)14-8-5-9-14/h2-4,6-7,14-15,21H,5,8-12H2,1H3. The van der Waals surface area contributed by atoms with Crippen molar-refractivity contribution in [3.05, 3.63) is 47.7 Å². The van der Waals surface area contributed by atoms with Crippen molar-refractivity contribution < 1.29 is 9.52 Å². The Balaban J connectivity index is 1.68. The molecule has 1 aromatic heterocycles. The van der Waals surface area contributed by atoms with Gasteiger partial charge in [0.2, 0.25) is 11.8 Å². The summed E-state index contributed by atoms with van der Waals surface area (Å²) in [6.45, 7) is 0.750. The van der Waals surface area contributed by atoms with Crippen molar-refractivity contribution in [2.45, 2.75) is 44.2 Å². The second-order valence-corrected chi connectivity index (χ2v) is 6.02. The number of hydrogen-bond acceptors (Lipinski definition) is 5. The molecule has 0 spiro atoms. The van der Waals surface area contributed by atoms with Crippen molar-refractivity contribution in [1.82, 2.24) is 15.1 Å². The molecule has 118 valence electrons. The van der Waals surface area contributed by atoms with E-state index in [1.54, 1.807) is 0 Å². The van der Waals surface area contributed by atoms with Gasteiger partial charge in [0.1, 0.15) is 0 Å². The van der Waals surface area contributed by atoms with Gasteiger partial charge in [-0.1, -0.05) is 36.8 Å². The summed E-state index contributed by atoms with van der Waals surface area (Å²) in [5.41, 5.74) is 1.19. The molecule has 0 radical (unpaired) electrons. The summed E-state index contributed by atoms with van der Waals surface area (Å²) in [4.78, 5) is 2.16. The van der Waals surface area contributed by atoms with E-state index in [1.165, 1.54) is 12.0 Å². The van der Waals surface area contributed by atoms with Gasteiger partial charge in [0.25, 0.3) is 0 Å². The van der Waals surface area contributed by atoms with Gasteiger partial charge in [-0.15, -0.1) is 10.2 Å². The lowest BCUT2D eigenvalue weighted by atomic mass is 9.85. The maximum Gasteiger partial charge on any atom is 0.230 e. The second kappa shape index (κ2) is 7.03. The fourth-order valence-electron chi connectivity index (χ4n) is 2.91. The third-order valence-corrected chi connectivity index (χ3v) is 4.44. The summed E-state index contributed by atoms with van der Waals surface area (Å²) in [5.74, 6) is 1.91. The van der Waals surface area contributed by atoms with E-state index in [0.717, 1.165) is 18.7 Å². The second-order valence-electron chi connectivity index (χ2n) is 6.02. The molecule has 0 aliphatic heterocycles. The Morgan fingerprint density at radius 1 is 1.27 bits per heavy atom. The van der Waals surface area contributed by atoms with Crippen LogP contribution in [0, 0.1) is 0 Å². The molecule has 0 amide bonds. The van der Waals surface area contributed by atoms with Crippen molar-refractivity contribution in [3.63, 3.8) is 0 Å². The SMILES string of the molecule is CN(Cc1nnc(C2CCC2)o1)C(CCO)c1ccccc1. The van der Waals surface area contributed by atoms with Crippen molar-refractivity contribution in [1.29, 1.82) is 0 Å². The van der Waals surface area contributed by atoms with Crippen LogP contribution in [0.25, 0.3) is 0 Å². The zero-order valence-electron chi connectivity index (χ0n) is 13.0. The molecule has 2 aromatic rings. The maximum atomic E-state index is 9.35. The summed E-state index contributed by atoms with van der Waals surface area (Å²) in [5, 5.41) is 17.7. The van der Waals surface area contributed by atoms with E-state index in [4.69, 9.17) is 4.42 Å². The van der Waals surface area contributed by atoms with E-state index >= 15 is 0 Å². The lowest BCUT2D eigenvalue weighted by Crippen LogP contribution is -2.25. The quantitative estimate of drug-likeness (QED) is 0.852. The van der Waals surface area contributed by atoms with Crippen LogP contribution in [0.2, 0.25) is 0 Å². The van der Waals surface area contributed by atoms with Gasteiger partial charge in [0, 0.05) is 18.6 Å². The zero-order chi connectivity index (χ0) is 15.4. The molecule has 0 saturated heterocycles. The molecule has 1 unspecified atom stereocenters. The van der Waals surface area contributed by atoms with Crippen molar-refractivity contribution in [3.8, 4) is 0 Å². The Morgan fingerprint density at radius 2 is 2.05 bits per heavy atom. The van der Waals surface area contributed by atoms with E-state index < -0.39 is 0 Å². The van der Waals surface area contributed by atoms with Gasteiger partial charge in [0.15, 0.2) is 0 Å². The highest BCUT2D eigenvalue weighted by Gasteiger charge is 2.26. The minimum absolute atomic E-state index is 0.144. The maximum absolute atomic E-state index is 9.35. The average molecular weight is 301 g/mol. The number of aliphatic hydroxyl groups is 1. The van der Waals surface area contributed by atoms with Gasteiger partial charge in [-0.2, -0.15) is 0 Å². The van der Waals surface area contributed by atoms with Crippen LogP contribution in [0.15, 0.2) is 34.7 Å². The lowest BCUT2D eigenvalue weighted by Gasteiger charge is -2.27. The summed E-state index contributed by atoms with van der Waals surface area (Å²) in [6, 6.07) is 10.4.